The molecule has 146 valence electrons. The highest BCUT2D eigenvalue weighted by Gasteiger charge is 2.17. The Labute approximate surface area is 168 Å². The monoisotopic (exact) mass is 388 g/mol. The fraction of sp³-hybridized carbons (Fsp3) is 0.217. The van der Waals surface area contributed by atoms with Crippen molar-refractivity contribution in [3.63, 3.8) is 0 Å². The minimum absolute atomic E-state index is 0.213. The van der Waals surface area contributed by atoms with E-state index in [4.69, 9.17) is 14.8 Å². The first-order chi connectivity index (χ1) is 14.3. The minimum Gasteiger partial charge on any atom is -0.376 e. The highest BCUT2D eigenvalue weighted by molar-refractivity contribution is 5.70. The van der Waals surface area contributed by atoms with Gasteiger partial charge < -0.3 is 10.1 Å². The van der Waals surface area contributed by atoms with Gasteiger partial charge in [-0.05, 0) is 37.1 Å². The molecular formula is C23H21FN4O. The number of fused-ring (bicyclic) bond motifs is 1. The summed E-state index contributed by atoms with van der Waals surface area (Å²) in [6.45, 7) is 1.54. The second kappa shape index (κ2) is 7.64. The van der Waals surface area contributed by atoms with Crippen LogP contribution in [0.2, 0.25) is 0 Å². The molecule has 2 aromatic carbocycles. The fourth-order valence-electron chi connectivity index (χ4n) is 3.64. The van der Waals surface area contributed by atoms with Crippen molar-refractivity contribution in [3.05, 3.63) is 72.5 Å². The van der Waals surface area contributed by atoms with E-state index in [1.807, 2.05) is 42.5 Å². The third-order valence-electron chi connectivity index (χ3n) is 5.17. The van der Waals surface area contributed by atoms with Gasteiger partial charge in [0.1, 0.15) is 11.6 Å². The topological polar surface area (TPSA) is 51.5 Å². The number of rotatable bonds is 5. The molecule has 0 saturated carbocycles. The lowest BCUT2D eigenvalue weighted by atomic mass is 10.1. The van der Waals surface area contributed by atoms with Gasteiger partial charge in [0.25, 0.3) is 0 Å². The largest absolute Gasteiger partial charge is 0.376 e. The number of aromatic nitrogens is 3. The van der Waals surface area contributed by atoms with Gasteiger partial charge in [-0.25, -0.2) is 9.37 Å². The molecular weight excluding hydrogens is 367 g/mol. The van der Waals surface area contributed by atoms with E-state index in [0.717, 1.165) is 60.0 Å². The van der Waals surface area contributed by atoms with E-state index in [2.05, 4.69) is 5.32 Å². The number of nitrogens with zero attached hydrogens (tertiary/aromatic N) is 3. The zero-order valence-electron chi connectivity index (χ0n) is 15.9. The Balaban J connectivity index is 1.57. The summed E-state index contributed by atoms with van der Waals surface area (Å²) in [5, 5.41) is 8.21. The summed E-state index contributed by atoms with van der Waals surface area (Å²) in [6.07, 6.45) is 2.38. The highest BCUT2D eigenvalue weighted by atomic mass is 19.1. The fourth-order valence-corrected chi connectivity index (χ4v) is 3.64. The predicted molar refractivity (Wildman–Crippen MR) is 111 cm³/mol. The van der Waals surface area contributed by atoms with Crippen LogP contribution in [-0.4, -0.2) is 33.9 Å². The molecule has 5 rings (SSSR count). The lowest BCUT2D eigenvalue weighted by Gasteiger charge is -2.14. The van der Waals surface area contributed by atoms with E-state index in [0.29, 0.717) is 0 Å². The zero-order valence-corrected chi connectivity index (χ0v) is 15.9. The molecule has 1 fully saturated rings. The molecule has 4 aromatic rings. The summed E-state index contributed by atoms with van der Waals surface area (Å²) < 4.78 is 20.8. The molecule has 1 atom stereocenters. The van der Waals surface area contributed by atoms with E-state index in [1.165, 1.54) is 12.1 Å². The van der Waals surface area contributed by atoms with Gasteiger partial charge in [0.05, 0.1) is 17.5 Å². The second-order valence-corrected chi connectivity index (χ2v) is 7.22. The zero-order chi connectivity index (χ0) is 19.6. The highest BCUT2D eigenvalue weighted by Crippen LogP contribution is 2.26. The number of hydrogen-bond acceptors (Lipinski definition) is 4. The Bertz CT molecular complexity index is 1120. The van der Waals surface area contributed by atoms with Crippen LogP contribution in [0.4, 0.5) is 10.2 Å². The van der Waals surface area contributed by atoms with Crippen LogP contribution in [0.15, 0.2) is 66.7 Å². The maximum Gasteiger partial charge on any atom is 0.158 e. The molecule has 5 nitrogen and oxygen atoms in total. The first-order valence-electron chi connectivity index (χ1n) is 9.84. The molecule has 29 heavy (non-hydrogen) atoms. The van der Waals surface area contributed by atoms with Crippen molar-refractivity contribution in [2.75, 3.05) is 18.5 Å². The molecule has 2 aromatic heterocycles. The van der Waals surface area contributed by atoms with Gasteiger partial charge >= 0.3 is 0 Å². The Morgan fingerprint density at radius 3 is 2.55 bits per heavy atom. The number of hydrogen-bond donors (Lipinski definition) is 1. The smallest absolute Gasteiger partial charge is 0.158 e. The lowest BCUT2D eigenvalue weighted by molar-refractivity contribution is 0.120. The van der Waals surface area contributed by atoms with Crippen LogP contribution in [0.3, 0.4) is 0 Å². The molecule has 0 radical (unpaired) electrons. The van der Waals surface area contributed by atoms with Gasteiger partial charge in [-0.2, -0.15) is 9.61 Å². The summed E-state index contributed by atoms with van der Waals surface area (Å²) in [4.78, 5) is 4.80. The van der Waals surface area contributed by atoms with Crippen LogP contribution in [-0.2, 0) is 4.74 Å². The molecule has 3 heterocycles. The van der Waals surface area contributed by atoms with Crippen molar-refractivity contribution in [1.82, 2.24) is 14.6 Å². The minimum atomic E-state index is -0.263. The molecule has 1 aliphatic heterocycles. The van der Waals surface area contributed by atoms with Gasteiger partial charge in [-0.1, -0.05) is 30.3 Å². The molecule has 0 unspecified atom stereocenters. The number of benzene rings is 2. The van der Waals surface area contributed by atoms with Crippen LogP contribution in [0.5, 0.6) is 0 Å². The molecule has 0 amide bonds. The van der Waals surface area contributed by atoms with Crippen molar-refractivity contribution in [2.45, 2.75) is 18.9 Å². The average molecular weight is 388 g/mol. The van der Waals surface area contributed by atoms with Crippen LogP contribution < -0.4 is 5.32 Å². The summed E-state index contributed by atoms with van der Waals surface area (Å²) in [5.74, 6) is 0.596. The number of anilines is 1. The van der Waals surface area contributed by atoms with Crippen LogP contribution in [0, 0.1) is 5.82 Å². The third kappa shape index (κ3) is 3.71. The maximum absolute atomic E-state index is 13.3. The predicted octanol–water partition coefficient (Wildman–Crippen LogP) is 4.79. The van der Waals surface area contributed by atoms with E-state index < -0.39 is 0 Å². The van der Waals surface area contributed by atoms with E-state index >= 15 is 0 Å². The average Bonchev–Trinajstić information content (AvgIpc) is 3.43. The molecule has 0 bridgehead atoms. The summed E-state index contributed by atoms with van der Waals surface area (Å²) in [5.41, 5.74) is 4.25. The standard InChI is InChI=1S/C23H21FN4O/c24-18-10-8-17(9-11-18)21-14-23-26-20(16-5-2-1-3-6-16)13-22(28(23)27-21)25-15-19-7-4-12-29-19/h1-3,5-6,8-11,13-14,19,25H,4,7,12,15H2/t19-/m0/s1. The molecule has 0 aliphatic carbocycles. The first kappa shape index (κ1) is 17.8. The van der Waals surface area contributed by atoms with Crippen molar-refractivity contribution in [3.8, 4) is 22.5 Å². The summed E-state index contributed by atoms with van der Waals surface area (Å²) in [7, 11) is 0. The SMILES string of the molecule is Fc1ccc(-c2cc3nc(-c4ccccc4)cc(NC[C@@H]4CCCO4)n3n2)cc1. The Kier molecular flexibility index (Phi) is 4.69. The second-order valence-electron chi connectivity index (χ2n) is 7.22. The van der Waals surface area contributed by atoms with E-state index in [-0.39, 0.29) is 11.9 Å². The first-order valence-corrected chi connectivity index (χ1v) is 9.84. The quantitative estimate of drug-likeness (QED) is 0.534. The normalized spacial score (nSPS) is 16.4. The molecule has 0 spiro atoms. The van der Waals surface area contributed by atoms with Crippen LogP contribution in [0.1, 0.15) is 12.8 Å². The molecule has 1 aliphatic rings. The molecule has 1 N–H and O–H groups in total. The van der Waals surface area contributed by atoms with E-state index in [9.17, 15) is 4.39 Å². The van der Waals surface area contributed by atoms with Gasteiger partial charge in [0, 0.05) is 36.4 Å². The lowest BCUT2D eigenvalue weighted by Crippen LogP contribution is -2.20. The Morgan fingerprint density at radius 2 is 1.79 bits per heavy atom. The number of nitrogens with one attached hydrogen (secondary N) is 1. The van der Waals surface area contributed by atoms with Crippen molar-refractivity contribution in [2.24, 2.45) is 0 Å². The van der Waals surface area contributed by atoms with Crippen molar-refractivity contribution < 1.29 is 9.13 Å². The number of ether oxygens (including phenoxy) is 1. The third-order valence-corrected chi connectivity index (χ3v) is 5.17. The number of halogens is 1. The van der Waals surface area contributed by atoms with Crippen LogP contribution >= 0.6 is 0 Å². The molecule has 1 saturated heterocycles. The van der Waals surface area contributed by atoms with Gasteiger partial charge in [0.15, 0.2) is 5.65 Å². The van der Waals surface area contributed by atoms with Gasteiger partial charge in [-0.15, -0.1) is 0 Å². The maximum atomic E-state index is 13.3. The molecule has 6 heteroatoms. The van der Waals surface area contributed by atoms with Gasteiger partial charge in [-0.3, -0.25) is 0 Å². The Morgan fingerprint density at radius 1 is 1.00 bits per heavy atom. The van der Waals surface area contributed by atoms with Gasteiger partial charge in [0.2, 0.25) is 0 Å². The van der Waals surface area contributed by atoms with Crippen molar-refractivity contribution in [1.29, 1.82) is 0 Å². The van der Waals surface area contributed by atoms with E-state index in [1.54, 1.807) is 16.6 Å². The Hall–Kier alpha value is -3.25. The van der Waals surface area contributed by atoms with Crippen LogP contribution in [0.25, 0.3) is 28.2 Å². The summed E-state index contributed by atoms with van der Waals surface area (Å²) >= 11 is 0. The summed E-state index contributed by atoms with van der Waals surface area (Å²) in [6, 6.07) is 20.4. The van der Waals surface area contributed by atoms with Crippen molar-refractivity contribution >= 4 is 11.5 Å².